The summed E-state index contributed by atoms with van der Waals surface area (Å²) in [5, 5.41) is 8.70. The molecule has 0 spiro atoms. The van der Waals surface area contributed by atoms with Crippen molar-refractivity contribution in [1.29, 1.82) is 0 Å². The van der Waals surface area contributed by atoms with Crippen LogP contribution in [0.15, 0.2) is 18.2 Å². The predicted molar refractivity (Wildman–Crippen MR) is 76.9 cm³/mol. The van der Waals surface area contributed by atoms with Crippen LogP contribution in [0.3, 0.4) is 0 Å². The summed E-state index contributed by atoms with van der Waals surface area (Å²) in [6.07, 6.45) is 5.69. The third-order valence-electron chi connectivity index (χ3n) is 3.35. The smallest absolute Gasteiger partial charge is 0.305 e. The maximum absolute atomic E-state index is 11.9. The maximum atomic E-state index is 11.9. The Morgan fingerprint density at radius 1 is 1.55 bits per heavy atom. The highest BCUT2D eigenvalue weighted by Gasteiger charge is 2.26. The molecule has 0 bridgehead atoms. The molecule has 0 aliphatic carbocycles. The quantitative estimate of drug-likeness (QED) is 0.816. The summed E-state index contributed by atoms with van der Waals surface area (Å²) in [6, 6.07) is 5.67. The van der Waals surface area contributed by atoms with Crippen molar-refractivity contribution in [3.05, 3.63) is 23.8 Å². The summed E-state index contributed by atoms with van der Waals surface area (Å²) < 4.78 is 0. The fourth-order valence-corrected chi connectivity index (χ4v) is 2.26. The van der Waals surface area contributed by atoms with Crippen LogP contribution in [0, 0.1) is 12.3 Å². The second kappa shape index (κ2) is 5.66. The zero-order valence-electron chi connectivity index (χ0n) is 11.3. The number of carbonyl (C=O) groups is 2. The molecule has 20 heavy (non-hydrogen) atoms. The van der Waals surface area contributed by atoms with Gasteiger partial charge in [0, 0.05) is 25.0 Å². The molecule has 0 aromatic heterocycles. The molecule has 0 unspecified atom stereocenters. The standard InChI is InChI=1S/C15H16N2O3/c1-3-7-17-13-5-4-12(9-11(13)10-14(17)18)16(2)8-6-15(19)20/h1,4-5,9H,6-8,10H2,2H3,(H,19,20). The number of benzene rings is 1. The van der Waals surface area contributed by atoms with Crippen LogP contribution in [-0.2, 0) is 16.0 Å². The first-order valence-corrected chi connectivity index (χ1v) is 6.32. The van der Waals surface area contributed by atoms with Gasteiger partial charge in [0.25, 0.3) is 0 Å². The Kier molecular flexibility index (Phi) is 3.94. The van der Waals surface area contributed by atoms with Crippen molar-refractivity contribution in [3.63, 3.8) is 0 Å². The van der Waals surface area contributed by atoms with Gasteiger partial charge in [-0.3, -0.25) is 9.59 Å². The van der Waals surface area contributed by atoms with E-state index in [2.05, 4.69) is 5.92 Å². The molecule has 0 saturated carbocycles. The number of hydrogen-bond acceptors (Lipinski definition) is 3. The van der Waals surface area contributed by atoms with E-state index in [-0.39, 0.29) is 18.9 Å². The van der Waals surface area contributed by atoms with Gasteiger partial charge in [-0.05, 0) is 23.8 Å². The van der Waals surface area contributed by atoms with E-state index >= 15 is 0 Å². The number of nitrogens with zero attached hydrogens (tertiary/aromatic N) is 2. The third kappa shape index (κ3) is 2.75. The molecule has 1 amide bonds. The summed E-state index contributed by atoms with van der Waals surface area (Å²) in [6.45, 7) is 0.705. The van der Waals surface area contributed by atoms with Gasteiger partial charge in [0.2, 0.25) is 5.91 Å². The highest BCUT2D eigenvalue weighted by molar-refractivity contribution is 6.02. The topological polar surface area (TPSA) is 60.9 Å². The lowest BCUT2D eigenvalue weighted by Crippen LogP contribution is -2.26. The average molecular weight is 272 g/mol. The van der Waals surface area contributed by atoms with Gasteiger partial charge in [0.1, 0.15) is 0 Å². The van der Waals surface area contributed by atoms with E-state index in [0.717, 1.165) is 16.9 Å². The molecule has 1 N–H and O–H groups in total. The number of carboxylic acids is 1. The van der Waals surface area contributed by atoms with Gasteiger partial charge in [-0.15, -0.1) is 6.42 Å². The van der Waals surface area contributed by atoms with Crippen LogP contribution in [0.5, 0.6) is 0 Å². The van der Waals surface area contributed by atoms with E-state index in [1.807, 2.05) is 30.1 Å². The Bertz CT molecular complexity index is 589. The zero-order chi connectivity index (χ0) is 14.7. The van der Waals surface area contributed by atoms with Gasteiger partial charge in [0.15, 0.2) is 0 Å². The molecule has 2 rings (SSSR count). The summed E-state index contributed by atoms with van der Waals surface area (Å²) in [5.41, 5.74) is 2.69. The van der Waals surface area contributed by atoms with Gasteiger partial charge < -0.3 is 14.9 Å². The molecule has 104 valence electrons. The van der Waals surface area contributed by atoms with Crippen molar-refractivity contribution in [2.75, 3.05) is 29.9 Å². The largest absolute Gasteiger partial charge is 0.481 e. The molecular formula is C15H16N2O3. The minimum atomic E-state index is -0.826. The first-order chi connectivity index (χ1) is 9.52. The molecule has 5 nitrogen and oxygen atoms in total. The molecule has 1 aliphatic rings. The average Bonchev–Trinajstić information content (AvgIpc) is 2.72. The SMILES string of the molecule is C#CCN1C(=O)Cc2cc(N(C)CCC(=O)O)ccc21. The highest BCUT2D eigenvalue weighted by atomic mass is 16.4. The van der Waals surface area contributed by atoms with E-state index in [1.54, 1.807) is 4.90 Å². The fourth-order valence-electron chi connectivity index (χ4n) is 2.26. The molecule has 5 heteroatoms. The van der Waals surface area contributed by atoms with Crippen LogP contribution in [0.1, 0.15) is 12.0 Å². The summed E-state index contributed by atoms with van der Waals surface area (Å²) in [5.74, 6) is 1.66. The summed E-state index contributed by atoms with van der Waals surface area (Å²) >= 11 is 0. The number of carbonyl (C=O) groups excluding carboxylic acids is 1. The zero-order valence-corrected chi connectivity index (χ0v) is 11.3. The molecule has 1 heterocycles. The second-order valence-electron chi connectivity index (χ2n) is 4.74. The Morgan fingerprint density at radius 2 is 2.30 bits per heavy atom. The lowest BCUT2D eigenvalue weighted by molar-refractivity contribution is -0.136. The lowest BCUT2D eigenvalue weighted by Gasteiger charge is -2.20. The first kappa shape index (κ1) is 13.9. The van der Waals surface area contributed by atoms with Crippen molar-refractivity contribution < 1.29 is 14.7 Å². The van der Waals surface area contributed by atoms with Gasteiger partial charge in [-0.1, -0.05) is 5.92 Å². The van der Waals surface area contributed by atoms with Crippen LogP contribution in [0.4, 0.5) is 11.4 Å². The number of hydrogen-bond donors (Lipinski definition) is 1. The first-order valence-electron chi connectivity index (χ1n) is 6.32. The fraction of sp³-hybridized carbons (Fsp3) is 0.333. The Balaban J connectivity index is 2.18. The van der Waals surface area contributed by atoms with E-state index in [9.17, 15) is 9.59 Å². The monoisotopic (exact) mass is 272 g/mol. The number of anilines is 2. The maximum Gasteiger partial charge on any atom is 0.305 e. The Morgan fingerprint density at radius 3 is 2.95 bits per heavy atom. The minimum absolute atomic E-state index is 0.00305. The lowest BCUT2D eigenvalue weighted by atomic mass is 10.1. The third-order valence-corrected chi connectivity index (χ3v) is 3.35. The van der Waals surface area contributed by atoms with Crippen molar-refractivity contribution in [2.24, 2.45) is 0 Å². The van der Waals surface area contributed by atoms with E-state index in [1.165, 1.54) is 0 Å². The highest BCUT2D eigenvalue weighted by Crippen LogP contribution is 2.31. The Hall–Kier alpha value is -2.48. The summed E-state index contributed by atoms with van der Waals surface area (Å²) in [4.78, 5) is 25.9. The second-order valence-corrected chi connectivity index (χ2v) is 4.74. The minimum Gasteiger partial charge on any atom is -0.481 e. The van der Waals surface area contributed by atoms with Crippen molar-refractivity contribution >= 4 is 23.3 Å². The molecular weight excluding hydrogens is 256 g/mol. The van der Waals surface area contributed by atoms with Crippen LogP contribution in [-0.4, -0.2) is 37.1 Å². The molecule has 0 radical (unpaired) electrons. The number of amides is 1. The van der Waals surface area contributed by atoms with E-state index in [0.29, 0.717) is 13.0 Å². The van der Waals surface area contributed by atoms with Gasteiger partial charge >= 0.3 is 5.97 Å². The number of terminal acetylenes is 1. The Labute approximate surface area is 117 Å². The van der Waals surface area contributed by atoms with Crippen LogP contribution < -0.4 is 9.80 Å². The normalized spacial score (nSPS) is 13.0. The molecule has 0 atom stereocenters. The van der Waals surface area contributed by atoms with Crippen LogP contribution >= 0.6 is 0 Å². The van der Waals surface area contributed by atoms with Crippen molar-refractivity contribution in [2.45, 2.75) is 12.8 Å². The molecule has 0 fully saturated rings. The number of aliphatic carboxylic acids is 1. The predicted octanol–water partition coefficient (Wildman–Crippen LogP) is 1.12. The molecule has 1 aromatic rings. The van der Waals surface area contributed by atoms with E-state index < -0.39 is 5.97 Å². The van der Waals surface area contributed by atoms with Crippen molar-refractivity contribution in [3.8, 4) is 12.3 Å². The number of fused-ring (bicyclic) bond motifs is 1. The van der Waals surface area contributed by atoms with Gasteiger partial charge in [0.05, 0.1) is 19.4 Å². The van der Waals surface area contributed by atoms with E-state index in [4.69, 9.17) is 11.5 Å². The molecule has 1 aromatic carbocycles. The van der Waals surface area contributed by atoms with Gasteiger partial charge in [-0.2, -0.15) is 0 Å². The van der Waals surface area contributed by atoms with Crippen LogP contribution in [0.2, 0.25) is 0 Å². The number of carboxylic acid groups (broad SMARTS) is 1. The molecule has 1 aliphatic heterocycles. The van der Waals surface area contributed by atoms with Gasteiger partial charge in [-0.25, -0.2) is 0 Å². The molecule has 0 saturated heterocycles. The van der Waals surface area contributed by atoms with Crippen LogP contribution in [0.25, 0.3) is 0 Å². The number of rotatable bonds is 5. The van der Waals surface area contributed by atoms with Crippen molar-refractivity contribution in [1.82, 2.24) is 0 Å². The summed E-state index contributed by atoms with van der Waals surface area (Å²) in [7, 11) is 1.83.